The van der Waals surface area contributed by atoms with Gasteiger partial charge in [-0.3, -0.25) is 9.48 Å². The van der Waals surface area contributed by atoms with Gasteiger partial charge in [0.2, 0.25) is 5.91 Å². The standard InChI is InChI=1S/C17H23N3O2/c1-13-8-9-16(22-13)15-7-4-3-5-11-19(15)17(21)14(2)20-12-6-10-18-20/h6,8-10,12,14-15H,3-5,7,11H2,1-2H3. The second-order valence-electron chi connectivity index (χ2n) is 6.01. The van der Waals surface area contributed by atoms with Crippen LogP contribution in [0.4, 0.5) is 0 Å². The highest BCUT2D eigenvalue weighted by Gasteiger charge is 2.32. The Morgan fingerprint density at radius 1 is 1.36 bits per heavy atom. The highest BCUT2D eigenvalue weighted by Crippen LogP contribution is 2.32. The molecule has 3 heterocycles. The summed E-state index contributed by atoms with van der Waals surface area (Å²) in [4.78, 5) is 14.9. The van der Waals surface area contributed by atoms with Crippen LogP contribution in [0, 0.1) is 6.92 Å². The molecule has 0 N–H and O–H groups in total. The average Bonchev–Trinajstić information content (AvgIpc) is 3.13. The first-order valence-electron chi connectivity index (χ1n) is 8.03. The van der Waals surface area contributed by atoms with Crippen LogP contribution in [0.15, 0.2) is 35.0 Å². The van der Waals surface area contributed by atoms with E-state index in [1.165, 1.54) is 0 Å². The first-order valence-corrected chi connectivity index (χ1v) is 8.03. The van der Waals surface area contributed by atoms with Crippen molar-refractivity contribution in [1.29, 1.82) is 0 Å². The van der Waals surface area contributed by atoms with E-state index in [4.69, 9.17) is 4.42 Å². The highest BCUT2D eigenvalue weighted by atomic mass is 16.3. The van der Waals surface area contributed by atoms with E-state index in [1.54, 1.807) is 10.9 Å². The molecule has 0 radical (unpaired) electrons. The monoisotopic (exact) mass is 301 g/mol. The Hall–Kier alpha value is -2.04. The lowest BCUT2D eigenvalue weighted by atomic mass is 10.1. The molecule has 5 nitrogen and oxygen atoms in total. The molecule has 118 valence electrons. The van der Waals surface area contributed by atoms with Crippen LogP contribution >= 0.6 is 0 Å². The van der Waals surface area contributed by atoms with Gasteiger partial charge in [0.05, 0.1) is 6.04 Å². The van der Waals surface area contributed by atoms with Gasteiger partial charge in [0.25, 0.3) is 0 Å². The summed E-state index contributed by atoms with van der Waals surface area (Å²) in [6.07, 6.45) is 7.85. The third-order valence-electron chi connectivity index (χ3n) is 4.40. The quantitative estimate of drug-likeness (QED) is 0.872. The number of carbonyl (C=O) groups is 1. The molecular formula is C17H23N3O2. The zero-order valence-electron chi connectivity index (χ0n) is 13.2. The summed E-state index contributed by atoms with van der Waals surface area (Å²) in [5, 5.41) is 4.20. The van der Waals surface area contributed by atoms with Gasteiger partial charge in [0.1, 0.15) is 17.6 Å². The Bertz CT molecular complexity index is 618. The molecule has 0 saturated carbocycles. The zero-order chi connectivity index (χ0) is 15.5. The molecule has 2 unspecified atom stereocenters. The van der Waals surface area contributed by atoms with E-state index in [1.807, 2.05) is 43.1 Å². The molecule has 0 bridgehead atoms. The molecule has 2 atom stereocenters. The highest BCUT2D eigenvalue weighted by molar-refractivity contribution is 5.80. The molecule has 0 spiro atoms. The Labute approximate surface area is 130 Å². The minimum atomic E-state index is -0.286. The van der Waals surface area contributed by atoms with E-state index < -0.39 is 0 Å². The number of amides is 1. The van der Waals surface area contributed by atoms with Crippen LogP contribution in [-0.4, -0.2) is 27.1 Å². The minimum Gasteiger partial charge on any atom is -0.464 e. The molecule has 5 heteroatoms. The van der Waals surface area contributed by atoms with Crippen molar-refractivity contribution in [3.63, 3.8) is 0 Å². The largest absolute Gasteiger partial charge is 0.464 e. The number of rotatable bonds is 3. The molecule has 1 aliphatic rings. The number of hydrogen-bond donors (Lipinski definition) is 0. The molecule has 2 aromatic heterocycles. The van der Waals surface area contributed by atoms with Crippen LogP contribution in [0.25, 0.3) is 0 Å². The second-order valence-corrected chi connectivity index (χ2v) is 6.01. The van der Waals surface area contributed by atoms with Crippen LogP contribution in [-0.2, 0) is 4.79 Å². The molecule has 1 saturated heterocycles. The zero-order valence-corrected chi connectivity index (χ0v) is 13.2. The maximum absolute atomic E-state index is 13.0. The third-order valence-corrected chi connectivity index (χ3v) is 4.40. The van der Waals surface area contributed by atoms with Gasteiger partial charge in [0, 0.05) is 18.9 Å². The Morgan fingerprint density at radius 2 is 2.23 bits per heavy atom. The predicted molar refractivity (Wildman–Crippen MR) is 83.3 cm³/mol. The number of carbonyl (C=O) groups excluding carboxylic acids is 1. The first kappa shape index (κ1) is 14.9. The summed E-state index contributed by atoms with van der Waals surface area (Å²) in [6.45, 7) is 4.64. The van der Waals surface area contributed by atoms with Crippen LogP contribution in [0.1, 0.15) is 56.2 Å². The number of furan rings is 1. The molecule has 1 aliphatic heterocycles. The maximum Gasteiger partial charge on any atom is 0.247 e. The van der Waals surface area contributed by atoms with E-state index in [9.17, 15) is 4.79 Å². The van der Waals surface area contributed by atoms with Gasteiger partial charge >= 0.3 is 0 Å². The summed E-state index contributed by atoms with van der Waals surface area (Å²) in [7, 11) is 0. The lowest BCUT2D eigenvalue weighted by molar-refractivity contribution is -0.137. The molecule has 1 fully saturated rings. The van der Waals surface area contributed by atoms with Gasteiger partial charge in [-0.1, -0.05) is 12.8 Å². The van der Waals surface area contributed by atoms with Gasteiger partial charge in [-0.2, -0.15) is 5.10 Å². The predicted octanol–water partition coefficient (Wildman–Crippen LogP) is 3.49. The number of likely N-dealkylation sites (tertiary alicyclic amines) is 1. The van der Waals surface area contributed by atoms with Crippen molar-refractivity contribution in [1.82, 2.24) is 14.7 Å². The van der Waals surface area contributed by atoms with Crippen LogP contribution in [0.3, 0.4) is 0 Å². The maximum atomic E-state index is 13.0. The van der Waals surface area contributed by atoms with Gasteiger partial charge in [-0.15, -0.1) is 0 Å². The molecule has 22 heavy (non-hydrogen) atoms. The fraction of sp³-hybridized carbons (Fsp3) is 0.529. The molecule has 3 rings (SSSR count). The summed E-state index contributed by atoms with van der Waals surface area (Å²) in [5.41, 5.74) is 0. The Kier molecular flexibility index (Phi) is 4.32. The molecular weight excluding hydrogens is 278 g/mol. The van der Waals surface area contributed by atoms with Crippen molar-refractivity contribution in [2.75, 3.05) is 6.54 Å². The molecule has 0 aliphatic carbocycles. The SMILES string of the molecule is Cc1ccc(C2CCCCCN2C(=O)C(C)n2cccn2)o1. The van der Waals surface area contributed by atoms with Crippen LogP contribution < -0.4 is 0 Å². The van der Waals surface area contributed by atoms with Crippen molar-refractivity contribution >= 4 is 5.91 Å². The lowest BCUT2D eigenvalue weighted by Crippen LogP contribution is -2.39. The molecule has 0 aromatic carbocycles. The number of aryl methyl sites for hydroxylation is 1. The number of aromatic nitrogens is 2. The van der Waals surface area contributed by atoms with Crippen molar-refractivity contribution in [3.8, 4) is 0 Å². The van der Waals surface area contributed by atoms with E-state index in [0.29, 0.717) is 0 Å². The fourth-order valence-corrected chi connectivity index (χ4v) is 3.16. The lowest BCUT2D eigenvalue weighted by Gasteiger charge is -2.31. The third kappa shape index (κ3) is 2.93. The van der Waals surface area contributed by atoms with Gasteiger partial charge in [0.15, 0.2) is 0 Å². The minimum absolute atomic E-state index is 0.0433. The first-order chi connectivity index (χ1) is 10.7. The van der Waals surface area contributed by atoms with Crippen molar-refractivity contribution < 1.29 is 9.21 Å². The molecule has 1 amide bonds. The smallest absolute Gasteiger partial charge is 0.247 e. The average molecular weight is 301 g/mol. The van der Waals surface area contributed by atoms with Gasteiger partial charge in [-0.05, 0) is 44.9 Å². The fourth-order valence-electron chi connectivity index (χ4n) is 3.16. The van der Waals surface area contributed by atoms with Crippen molar-refractivity contribution in [3.05, 3.63) is 42.1 Å². The van der Waals surface area contributed by atoms with Gasteiger partial charge < -0.3 is 9.32 Å². The van der Waals surface area contributed by atoms with Crippen molar-refractivity contribution in [2.45, 2.75) is 51.6 Å². The van der Waals surface area contributed by atoms with E-state index >= 15 is 0 Å². The van der Waals surface area contributed by atoms with E-state index in [2.05, 4.69) is 5.10 Å². The number of nitrogens with zero attached hydrogens (tertiary/aromatic N) is 3. The van der Waals surface area contributed by atoms with E-state index in [-0.39, 0.29) is 18.0 Å². The topological polar surface area (TPSA) is 51.3 Å². The Balaban J connectivity index is 1.85. The summed E-state index contributed by atoms with van der Waals surface area (Å²) < 4.78 is 7.53. The normalized spacial score (nSPS) is 20.6. The summed E-state index contributed by atoms with van der Waals surface area (Å²) in [6, 6.07) is 5.58. The van der Waals surface area contributed by atoms with E-state index in [0.717, 1.165) is 43.7 Å². The summed E-state index contributed by atoms with van der Waals surface area (Å²) >= 11 is 0. The molecule has 2 aromatic rings. The Morgan fingerprint density at radius 3 is 2.91 bits per heavy atom. The van der Waals surface area contributed by atoms with Crippen LogP contribution in [0.5, 0.6) is 0 Å². The van der Waals surface area contributed by atoms with Gasteiger partial charge in [-0.25, -0.2) is 0 Å². The van der Waals surface area contributed by atoms with Crippen molar-refractivity contribution in [2.24, 2.45) is 0 Å². The second kappa shape index (κ2) is 6.38. The number of hydrogen-bond acceptors (Lipinski definition) is 3. The van der Waals surface area contributed by atoms with Crippen LogP contribution in [0.2, 0.25) is 0 Å². The summed E-state index contributed by atoms with van der Waals surface area (Å²) in [5.74, 6) is 1.91.